The third-order valence-electron chi connectivity index (χ3n) is 4.13. The fourth-order valence-corrected chi connectivity index (χ4v) is 3.01. The summed E-state index contributed by atoms with van der Waals surface area (Å²) in [5.74, 6) is -0.147. The number of carbonyl (C=O) groups excluding carboxylic acids is 1. The summed E-state index contributed by atoms with van der Waals surface area (Å²) in [5.41, 5.74) is 2.74. The van der Waals surface area contributed by atoms with Gasteiger partial charge in [0.25, 0.3) is 5.91 Å². The number of hydrogen-bond donors (Lipinski definition) is 2. The molecule has 0 saturated carbocycles. The number of nitrogens with zero attached hydrogens (tertiary/aromatic N) is 2. The molecule has 0 radical (unpaired) electrons. The summed E-state index contributed by atoms with van der Waals surface area (Å²) in [6.45, 7) is 2.59. The van der Waals surface area contributed by atoms with Crippen molar-refractivity contribution in [3.8, 4) is 5.75 Å². The average Bonchev–Trinajstić information content (AvgIpc) is 2.99. The van der Waals surface area contributed by atoms with Crippen molar-refractivity contribution in [2.75, 3.05) is 0 Å². The minimum Gasteiger partial charge on any atom is -0.507 e. The van der Waals surface area contributed by atoms with E-state index in [4.69, 9.17) is 0 Å². The van der Waals surface area contributed by atoms with E-state index in [-0.39, 0.29) is 17.7 Å². The van der Waals surface area contributed by atoms with Crippen molar-refractivity contribution in [2.24, 2.45) is 0 Å². The summed E-state index contributed by atoms with van der Waals surface area (Å²) >= 11 is 0. The van der Waals surface area contributed by atoms with E-state index >= 15 is 0 Å². The first-order valence-electron chi connectivity index (χ1n) is 7.75. The molecule has 3 rings (SSSR count). The van der Waals surface area contributed by atoms with Gasteiger partial charge >= 0.3 is 0 Å². The van der Waals surface area contributed by atoms with Gasteiger partial charge in [0, 0.05) is 25.0 Å². The van der Waals surface area contributed by atoms with Crippen LogP contribution in [0.4, 0.5) is 0 Å². The molecule has 1 aliphatic rings. The van der Waals surface area contributed by atoms with Crippen LogP contribution in [0.2, 0.25) is 0 Å². The normalized spacial score (nSPS) is 15.1. The van der Waals surface area contributed by atoms with Gasteiger partial charge in [0.1, 0.15) is 5.75 Å². The van der Waals surface area contributed by atoms with Gasteiger partial charge in [0.05, 0.1) is 11.9 Å². The van der Waals surface area contributed by atoms with Crippen LogP contribution < -0.4 is 5.32 Å². The zero-order valence-corrected chi connectivity index (χ0v) is 12.7. The van der Waals surface area contributed by atoms with Crippen LogP contribution >= 0.6 is 0 Å². The number of aryl methyl sites for hydroxylation is 2. The maximum Gasteiger partial charge on any atom is 0.255 e. The standard InChI is InChI=1S/C17H21N3O2/c1-12(10-20-7-6-18-11-20)19-17(22)15-8-13-4-2-3-5-14(13)9-16(15)21/h6-9,11-12,21H,2-5,10H2,1H3,(H,19,22)/t12-/m0/s1. The molecule has 5 nitrogen and oxygen atoms in total. The SMILES string of the molecule is C[C@@H](Cn1ccnc1)NC(=O)c1cc2c(cc1O)CCCC2. The quantitative estimate of drug-likeness (QED) is 0.910. The number of aromatic nitrogens is 2. The molecule has 5 heteroatoms. The molecule has 2 N–H and O–H groups in total. The van der Waals surface area contributed by atoms with Crippen molar-refractivity contribution >= 4 is 5.91 Å². The third-order valence-corrected chi connectivity index (χ3v) is 4.13. The van der Waals surface area contributed by atoms with Crippen LogP contribution in [0.1, 0.15) is 41.3 Å². The summed E-state index contributed by atoms with van der Waals surface area (Å²) in [6, 6.07) is 3.56. The fraction of sp³-hybridized carbons (Fsp3) is 0.412. The average molecular weight is 299 g/mol. The number of nitrogens with one attached hydrogen (secondary N) is 1. The van der Waals surface area contributed by atoms with E-state index in [9.17, 15) is 9.90 Å². The van der Waals surface area contributed by atoms with Gasteiger partial charge in [0.15, 0.2) is 0 Å². The highest BCUT2D eigenvalue weighted by molar-refractivity contribution is 5.97. The Kier molecular flexibility index (Phi) is 4.13. The van der Waals surface area contributed by atoms with Crippen LogP contribution in [0, 0.1) is 0 Å². The molecule has 2 aromatic rings. The zero-order chi connectivity index (χ0) is 15.5. The number of hydrogen-bond acceptors (Lipinski definition) is 3. The first-order valence-corrected chi connectivity index (χ1v) is 7.75. The summed E-state index contributed by atoms with van der Waals surface area (Å²) in [5, 5.41) is 13.1. The zero-order valence-electron chi connectivity index (χ0n) is 12.7. The molecule has 0 saturated heterocycles. The molecule has 0 spiro atoms. The van der Waals surface area contributed by atoms with Gasteiger partial charge in [-0.25, -0.2) is 4.98 Å². The van der Waals surface area contributed by atoms with Crippen molar-refractivity contribution in [1.82, 2.24) is 14.9 Å². The van der Waals surface area contributed by atoms with Crippen LogP contribution in [0.3, 0.4) is 0 Å². The second-order valence-electron chi connectivity index (χ2n) is 5.98. The Morgan fingerprint density at radius 3 is 2.77 bits per heavy atom. The van der Waals surface area contributed by atoms with Crippen molar-refractivity contribution in [1.29, 1.82) is 0 Å². The molecular weight excluding hydrogens is 278 g/mol. The van der Waals surface area contributed by atoms with E-state index in [1.54, 1.807) is 18.6 Å². The lowest BCUT2D eigenvalue weighted by Crippen LogP contribution is -2.35. The maximum absolute atomic E-state index is 12.4. The molecular formula is C17H21N3O2. The number of phenolic OH excluding ortho intramolecular Hbond substituents is 1. The number of carbonyl (C=O) groups is 1. The van der Waals surface area contributed by atoms with Crippen molar-refractivity contribution in [3.05, 3.63) is 47.5 Å². The van der Waals surface area contributed by atoms with Crippen molar-refractivity contribution < 1.29 is 9.90 Å². The monoisotopic (exact) mass is 299 g/mol. The second-order valence-corrected chi connectivity index (χ2v) is 5.98. The smallest absolute Gasteiger partial charge is 0.255 e. The van der Waals surface area contributed by atoms with Crippen molar-refractivity contribution in [3.63, 3.8) is 0 Å². The predicted molar refractivity (Wildman–Crippen MR) is 83.9 cm³/mol. The van der Waals surface area contributed by atoms with Gasteiger partial charge in [-0.05, 0) is 55.9 Å². The number of amides is 1. The van der Waals surface area contributed by atoms with Gasteiger partial charge in [-0.1, -0.05) is 0 Å². The molecule has 0 aliphatic heterocycles. The Labute approximate surface area is 130 Å². The van der Waals surface area contributed by atoms with E-state index < -0.39 is 0 Å². The van der Waals surface area contributed by atoms with Crippen LogP contribution in [0.15, 0.2) is 30.9 Å². The largest absolute Gasteiger partial charge is 0.507 e. The molecule has 0 fully saturated rings. The Hall–Kier alpha value is -2.30. The van der Waals surface area contributed by atoms with Gasteiger partial charge in [-0.2, -0.15) is 0 Å². The maximum atomic E-state index is 12.4. The van der Waals surface area contributed by atoms with Crippen LogP contribution in [-0.2, 0) is 19.4 Å². The molecule has 1 atom stereocenters. The molecule has 1 amide bonds. The van der Waals surface area contributed by atoms with Crippen LogP contribution in [0.5, 0.6) is 5.75 Å². The van der Waals surface area contributed by atoms with E-state index in [2.05, 4.69) is 10.3 Å². The van der Waals surface area contributed by atoms with E-state index in [1.807, 2.05) is 23.8 Å². The Balaban J connectivity index is 1.71. The summed E-state index contributed by atoms with van der Waals surface area (Å²) in [4.78, 5) is 16.4. The van der Waals surface area contributed by atoms with Crippen LogP contribution in [-0.4, -0.2) is 26.6 Å². The lowest BCUT2D eigenvalue weighted by Gasteiger charge is -2.19. The van der Waals surface area contributed by atoms with Crippen LogP contribution in [0.25, 0.3) is 0 Å². The Bertz CT molecular complexity index is 665. The lowest BCUT2D eigenvalue weighted by molar-refractivity contribution is 0.0934. The number of phenols is 1. The first-order chi connectivity index (χ1) is 10.6. The summed E-state index contributed by atoms with van der Waals surface area (Å²) in [6.07, 6.45) is 9.57. The highest BCUT2D eigenvalue weighted by atomic mass is 16.3. The highest BCUT2D eigenvalue weighted by Gasteiger charge is 2.18. The topological polar surface area (TPSA) is 67.2 Å². The lowest BCUT2D eigenvalue weighted by atomic mass is 9.90. The number of benzene rings is 1. The first kappa shape index (κ1) is 14.6. The Morgan fingerprint density at radius 1 is 1.36 bits per heavy atom. The molecule has 0 bridgehead atoms. The minimum absolute atomic E-state index is 0.0443. The summed E-state index contributed by atoms with van der Waals surface area (Å²) < 4.78 is 1.91. The van der Waals surface area contributed by atoms with Gasteiger partial charge in [0.2, 0.25) is 0 Å². The molecule has 1 aromatic heterocycles. The minimum atomic E-state index is -0.224. The number of rotatable bonds is 4. The highest BCUT2D eigenvalue weighted by Crippen LogP contribution is 2.28. The molecule has 0 unspecified atom stereocenters. The molecule has 1 aliphatic carbocycles. The Morgan fingerprint density at radius 2 is 2.09 bits per heavy atom. The van der Waals surface area contributed by atoms with E-state index in [1.165, 1.54) is 11.1 Å². The molecule has 22 heavy (non-hydrogen) atoms. The number of aromatic hydroxyl groups is 1. The molecule has 1 aromatic carbocycles. The van der Waals surface area contributed by atoms with E-state index in [0.29, 0.717) is 12.1 Å². The van der Waals surface area contributed by atoms with Gasteiger partial charge in [-0.3, -0.25) is 4.79 Å². The number of fused-ring (bicyclic) bond motifs is 1. The molecule has 1 heterocycles. The van der Waals surface area contributed by atoms with E-state index in [0.717, 1.165) is 25.7 Å². The third kappa shape index (κ3) is 3.13. The predicted octanol–water partition coefficient (Wildman–Crippen LogP) is 2.29. The fourth-order valence-electron chi connectivity index (χ4n) is 3.01. The van der Waals surface area contributed by atoms with Gasteiger partial charge < -0.3 is 15.0 Å². The molecule has 116 valence electrons. The number of imidazole rings is 1. The second kappa shape index (κ2) is 6.22. The van der Waals surface area contributed by atoms with Crippen molar-refractivity contribution in [2.45, 2.75) is 45.2 Å². The van der Waals surface area contributed by atoms with Gasteiger partial charge in [-0.15, -0.1) is 0 Å². The summed E-state index contributed by atoms with van der Waals surface area (Å²) in [7, 11) is 0.